The van der Waals surface area contributed by atoms with Crippen LogP contribution in [0.4, 0.5) is 29.3 Å². The van der Waals surface area contributed by atoms with Gasteiger partial charge in [0, 0.05) is 36.3 Å². The quantitative estimate of drug-likeness (QED) is 0.615. The molecule has 0 aliphatic carbocycles. The SMILES string of the molecule is O=C1N(c2ccc(-c3cn[nH]c3)cc2)CC2(CCOCC2)N1c1cccc(C(F)(F)F)c1. The highest BCUT2D eigenvalue weighted by Gasteiger charge is 2.51. The number of halogens is 3. The minimum atomic E-state index is -4.48. The Morgan fingerprint density at radius 2 is 1.75 bits per heavy atom. The van der Waals surface area contributed by atoms with Crippen LogP contribution in [0.1, 0.15) is 18.4 Å². The summed E-state index contributed by atoms with van der Waals surface area (Å²) >= 11 is 0. The number of nitrogens with one attached hydrogen (secondary N) is 1. The molecule has 1 spiro atoms. The lowest BCUT2D eigenvalue weighted by Gasteiger charge is -2.39. The lowest BCUT2D eigenvalue weighted by Crippen LogP contribution is -2.51. The fraction of sp³-hybridized carbons (Fsp3) is 0.304. The van der Waals surface area contributed by atoms with Crippen LogP contribution in [0, 0.1) is 0 Å². The van der Waals surface area contributed by atoms with Crippen LogP contribution in [0.15, 0.2) is 60.9 Å². The van der Waals surface area contributed by atoms with Crippen LogP contribution in [0.3, 0.4) is 0 Å². The van der Waals surface area contributed by atoms with Crippen LogP contribution in [-0.2, 0) is 10.9 Å². The maximum Gasteiger partial charge on any atom is 0.416 e. The Morgan fingerprint density at radius 3 is 2.41 bits per heavy atom. The van der Waals surface area contributed by atoms with E-state index in [9.17, 15) is 18.0 Å². The summed E-state index contributed by atoms with van der Waals surface area (Å²) in [5.41, 5.74) is 1.43. The Bertz CT molecular complexity index is 1110. The molecular weight excluding hydrogens is 421 g/mol. The number of anilines is 2. The Hall–Kier alpha value is -3.33. The Balaban J connectivity index is 1.51. The Morgan fingerprint density at radius 1 is 1.00 bits per heavy atom. The number of amides is 2. The lowest BCUT2D eigenvalue weighted by atomic mass is 9.88. The number of nitrogens with zero attached hydrogens (tertiary/aromatic N) is 3. The number of aromatic nitrogens is 2. The molecular formula is C23H21F3N4O2. The maximum atomic E-state index is 13.6. The average Bonchev–Trinajstić information content (AvgIpc) is 3.41. The van der Waals surface area contributed by atoms with E-state index in [1.165, 1.54) is 11.0 Å². The van der Waals surface area contributed by atoms with Crippen molar-refractivity contribution in [3.05, 3.63) is 66.5 Å². The third-order valence-corrected chi connectivity index (χ3v) is 6.21. The van der Waals surface area contributed by atoms with Gasteiger partial charge in [0.2, 0.25) is 0 Å². The topological polar surface area (TPSA) is 61.5 Å². The zero-order valence-corrected chi connectivity index (χ0v) is 17.1. The van der Waals surface area contributed by atoms with Gasteiger partial charge in [-0.15, -0.1) is 0 Å². The Labute approximate surface area is 182 Å². The number of carbonyl (C=O) groups is 1. The van der Waals surface area contributed by atoms with E-state index in [0.717, 1.165) is 23.3 Å². The molecule has 0 bridgehead atoms. The van der Waals surface area contributed by atoms with Crippen molar-refractivity contribution in [1.82, 2.24) is 10.2 Å². The van der Waals surface area contributed by atoms with E-state index in [0.29, 0.717) is 38.3 Å². The van der Waals surface area contributed by atoms with Crippen molar-refractivity contribution in [2.45, 2.75) is 24.6 Å². The van der Waals surface area contributed by atoms with Gasteiger partial charge in [-0.2, -0.15) is 18.3 Å². The van der Waals surface area contributed by atoms with Crippen molar-refractivity contribution in [2.24, 2.45) is 0 Å². The summed E-state index contributed by atoms with van der Waals surface area (Å²) in [5.74, 6) is 0. The molecule has 0 saturated carbocycles. The summed E-state index contributed by atoms with van der Waals surface area (Å²) in [7, 11) is 0. The second-order valence-corrected chi connectivity index (χ2v) is 8.12. The molecule has 9 heteroatoms. The average molecular weight is 442 g/mol. The number of urea groups is 1. The van der Waals surface area contributed by atoms with Gasteiger partial charge in [0.05, 0.1) is 23.8 Å². The van der Waals surface area contributed by atoms with Gasteiger partial charge in [-0.3, -0.25) is 14.9 Å². The third-order valence-electron chi connectivity index (χ3n) is 6.21. The fourth-order valence-corrected chi connectivity index (χ4v) is 4.54. The zero-order valence-electron chi connectivity index (χ0n) is 17.1. The van der Waals surface area contributed by atoms with Crippen molar-refractivity contribution in [2.75, 3.05) is 29.6 Å². The van der Waals surface area contributed by atoms with Crippen LogP contribution >= 0.6 is 0 Å². The summed E-state index contributed by atoms with van der Waals surface area (Å²) < 4.78 is 45.5. The first-order valence-corrected chi connectivity index (χ1v) is 10.3. The lowest BCUT2D eigenvalue weighted by molar-refractivity contribution is -0.137. The number of ether oxygens (including phenoxy) is 1. The maximum absolute atomic E-state index is 13.6. The summed E-state index contributed by atoms with van der Waals surface area (Å²) in [6, 6.07) is 12.2. The zero-order chi connectivity index (χ0) is 22.3. The number of benzene rings is 2. The molecule has 166 valence electrons. The molecule has 0 unspecified atom stereocenters. The summed E-state index contributed by atoms with van der Waals surface area (Å²) in [6.07, 6.45) is 0.117. The van der Waals surface area contributed by atoms with Gasteiger partial charge in [-0.05, 0) is 48.7 Å². The standard InChI is InChI=1S/C23H21F3N4O2/c24-23(25,26)18-2-1-3-20(12-18)30-21(31)29(15-22(30)8-10-32-11-9-22)19-6-4-16(5-7-19)17-13-27-28-14-17/h1-7,12-14H,8-11,15H2,(H,27,28). The van der Waals surface area contributed by atoms with E-state index in [4.69, 9.17) is 4.74 Å². The van der Waals surface area contributed by atoms with E-state index >= 15 is 0 Å². The van der Waals surface area contributed by atoms with Crippen molar-refractivity contribution in [3.8, 4) is 11.1 Å². The third kappa shape index (κ3) is 3.52. The summed E-state index contributed by atoms with van der Waals surface area (Å²) in [4.78, 5) is 16.7. The Kier molecular flexibility index (Phi) is 4.93. The molecule has 2 saturated heterocycles. The highest BCUT2D eigenvalue weighted by atomic mass is 19.4. The number of alkyl halides is 3. The van der Waals surface area contributed by atoms with E-state index in [1.54, 1.807) is 23.4 Å². The summed E-state index contributed by atoms with van der Waals surface area (Å²) in [6.45, 7) is 1.29. The van der Waals surface area contributed by atoms with Gasteiger partial charge in [-0.25, -0.2) is 4.79 Å². The number of carbonyl (C=O) groups excluding carboxylic acids is 1. The first-order chi connectivity index (χ1) is 15.4. The van der Waals surface area contributed by atoms with Crippen LogP contribution in [0.25, 0.3) is 11.1 Å². The molecule has 32 heavy (non-hydrogen) atoms. The highest BCUT2D eigenvalue weighted by molar-refractivity contribution is 6.08. The van der Waals surface area contributed by atoms with Crippen molar-refractivity contribution in [3.63, 3.8) is 0 Å². The van der Waals surface area contributed by atoms with Gasteiger partial charge in [0.15, 0.2) is 0 Å². The highest BCUT2D eigenvalue weighted by Crippen LogP contribution is 2.42. The van der Waals surface area contributed by atoms with E-state index in [1.807, 2.05) is 24.3 Å². The molecule has 2 amide bonds. The van der Waals surface area contributed by atoms with Gasteiger partial charge in [-0.1, -0.05) is 18.2 Å². The first-order valence-electron chi connectivity index (χ1n) is 10.3. The molecule has 2 aliphatic heterocycles. The molecule has 2 fully saturated rings. The van der Waals surface area contributed by atoms with Crippen LogP contribution < -0.4 is 9.80 Å². The van der Waals surface area contributed by atoms with E-state index in [-0.39, 0.29) is 11.7 Å². The second-order valence-electron chi connectivity index (χ2n) is 8.12. The van der Waals surface area contributed by atoms with Crippen molar-refractivity contribution < 1.29 is 22.7 Å². The minimum absolute atomic E-state index is 0.254. The van der Waals surface area contributed by atoms with Gasteiger partial charge in [0.25, 0.3) is 0 Å². The summed E-state index contributed by atoms with van der Waals surface area (Å²) in [5, 5.41) is 6.72. The number of aromatic amines is 1. The molecule has 3 aromatic rings. The second kappa shape index (κ2) is 7.67. The monoisotopic (exact) mass is 442 g/mol. The normalized spacial score (nSPS) is 18.5. The van der Waals surface area contributed by atoms with Crippen LogP contribution in [0.2, 0.25) is 0 Å². The molecule has 6 nitrogen and oxygen atoms in total. The van der Waals surface area contributed by atoms with Crippen molar-refractivity contribution in [1.29, 1.82) is 0 Å². The molecule has 0 atom stereocenters. The predicted molar refractivity (Wildman–Crippen MR) is 113 cm³/mol. The van der Waals surface area contributed by atoms with E-state index in [2.05, 4.69) is 10.2 Å². The number of rotatable bonds is 3. The fourth-order valence-electron chi connectivity index (χ4n) is 4.54. The van der Waals surface area contributed by atoms with Crippen LogP contribution in [0.5, 0.6) is 0 Å². The number of H-pyrrole nitrogens is 1. The molecule has 5 rings (SSSR count). The minimum Gasteiger partial charge on any atom is -0.381 e. The molecule has 2 aliphatic rings. The number of hydrogen-bond acceptors (Lipinski definition) is 3. The predicted octanol–water partition coefficient (Wildman–Crippen LogP) is 5.09. The first kappa shape index (κ1) is 20.6. The van der Waals surface area contributed by atoms with Gasteiger partial charge < -0.3 is 4.74 Å². The molecule has 2 aromatic carbocycles. The molecule has 0 radical (unpaired) electrons. The van der Waals surface area contributed by atoms with Gasteiger partial charge >= 0.3 is 12.2 Å². The number of hydrogen-bond donors (Lipinski definition) is 1. The van der Waals surface area contributed by atoms with Crippen LogP contribution in [-0.4, -0.2) is 41.5 Å². The molecule has 1 N–H and O–H groups in total. The molecule has 1 aromatic heterocycles. The molecule has 3 heterocycles. The smallest absolute Gasteiger partial charge is 0.381 e. The largest absolute Gasteiger partial charge is 0.416 e. The van der Waals surface area contributed by atoms with E-state index < -0.39 is 17.3 Å². The van der Waals surface area contributed by atoms with Crippen molar-refractivity contribution >= 4 is 17.4 Å². The van der Waals surface area contributed by atoms with Gasteiger partial charge in [0.1, 0.15) is 0 Å².